The quantitative estimate of drug-likeness (QED) is 0.160. The Bertz CT molecular complexity index is 4130. The molecule has 0 radical (unpaired) electrons. The summed E-state index contributed by atoms with van der Waals surface area (Å²) >= 11 is 0. The average molecular weight is 859 g/mol. The summed E-state index contributed by atoms with van der Waals surface area (Å²) in [5, 5.41) is 10.7. The third-order valence-corrected chi connectivity index (χ3v) is 13.3. The summed E-state index contributed by atoms with van der Waals surface area (Å²) in [6, 6.07) is 81.2. The summed E-state index contributed by atoms with van der Waals surface area (Å²) in [5.74, 6) is 0. The van der Waals surface area contributed by atoms with Crippen molar-refractivity contribution < 1.29 is 13.3 Å². The third kappa shape index (κ3) is 5.95. The summed E-state index contributed by atoms with van der Waals surface area (Å²) in [5.41, 5.74) is 13.2. The second-order valence-electron chi connectivity index (χ2n) is 17.3. The van der Waals surface area contributed by atoms with Gasteiger partial charge in [0, 0.05) is 77.6 Å². The lowest BCUT2D eigenvalue weighted by Gasteiger charge is -2.25. The van der Waals surface area contributed by atoms with Crippen LogP contribution in [-0.2, 0) is 0 Å². The molecule has 14 rings (SSSR count). The maximum absolute atomic E-state index is 7.18. The number of benzene rings is 11. The lowest BCUT2D eigenvalue weighted by molar-refractivity contribution is 0.662. The summed E-state index contributed by atoms with van der Waals surface area (Å²) in [7, 11) is 0. The molecule has 14 aromatic rings. The average Bonchev–Trinajstić information content (AvgIpc) is 4.07. The number of anilines is 6. The van der Waals surface area contributed by atoms with Crippen molar-refractivity contribution in [2.24, 2.45) is 0 Å². The minimum Gasteiger partial charge on any atom is -0.456 e. The topological polar surface area (TPSA) is 45.9 Å². The molecule has 0 aliphatic rings. The van der Waals surface area contributed by atoms with Crippen molar-refractivity contribution in [2.75, 3.05) is 9.80 Å². The van der Waals surface area contributed by atoms with Crippen LogP contribution in [0.5, 0.6) is 0 Å². The van der Waals surface area contributed by atoms with Crippen LogP contribution in [0.2, 0.25) is 0 Å². The van der Waals surface area contributed by atoms with Gasteiger partial charge in [0.15, 0.2) is 0 Å². The van der Waals surface area contributed by atoms with Crippen molar-refractivity contribution in [3.63, 3.8) is 0 Å². The first-order valence-electron chi connectivity index (χ1n) is 22.6. The van der Waals surface area contributed by atoms with Crippen molar-refractivity contribution in [3.8, 4) is 11.1 Å². The number of nitrogens with zero attached hydrogens (tertiary/aromatic N) is 2. The van der Waals surface area contributed by atoms with Crippen LogP contribution in [0.1, 0.15) is 0 Å². The Labute approximate surface area is 384 Å². The molecule has 3 heterocycles. The summed E-state index contributed by atoms with van der Waals surface area (Å²) in [6.45, 7) is 0. The molecule has 3 aromatic heterocycles. The van der Waals surface area contributed by atoms with E-state index < -0.39 is 0 Å². The van der Waals surface area contributed by atoms with E-state index in [0.717, 1.165) is 133 Å². The van der Waals surface area contributed by atoms with E-state index in [1.54, 1.807) is 0 Å². The monoisotopic (exact) mass is 858 g/mol. The fraction of sp³-hybridized carbons (Fsp3) is 0. The molecule has 0 aliphatic carbocycles. The molecular weight excluding hydrogens is 821 g/mol. The van der Waals surface area contributed by atoms with Gasteiger partial charge in [0.25, 0.3) is 0 Å². The molecular formula is C62H38N2O3. The molecule has 0 aliphatic heterocycles. The Morgan fingerprint density at radius 1 is 0.239 bits per heavy atom. The highest BCUT2D eigenvalue weighted by atomic mass is 16.3. The summed E-state index contributed by atoms with van der Waals surface area (Å²) < 4.78 is 20.9. The van der Waals surface area contributed by atoms with Crippen molar-refractivity contribution in [2.45, 2.75) is 0 Å². The smallest absolute Gasteiger partial charge is 0.144 e. The van der Waals surface area contributed by atoms with Gasteiger partial charge in [0.05, 0.1) is 0 Å². The normalized spacial score (nSPS) is 11.9. The van der Waals surface area contributed by atoms with Crippen LogP contribution in [0, 0.1) is 0 Å². The van der Waals surface area contributed by atoms with E-state index in [1.165, 1.54) is 0 Å². The highest BCUT2D eigenvalue weighted by Gasteiger charge is 2.25. The number of para-hydroxylation sites is 6. The Kier molecular flexibility index (Phi) is 8.21. The molecule has 0 saturated heterocycles. The SMILES string of the molecule is c1ccc(N(c2ccccc2)c2ccc3cc4c(cc3c2)oc2cc(-c3cccc5c3oc3ccccc35)c3oc5cc6cc(N(c7ccccc7)c7ccccc7)ccc6cc5c3c24)cc1. The summed E-state index contributed by atoms with van der Waals surface area (Å²) in [4.78, 5) is 4.59. The standard InChI is InChI=1S/C62H38N2O3/c1-5-16-43(17-6-1)63(44-18-7-2-8-19-44)47-30-28-39-34-53-56(36-41(39)32-47)65-58-38-52(51-26-15-25-50-49-24-13-14-27-55(49)66-61(50)51)62-60(59(53)58)54-35-40-29-31-48(33-42(40)37-57(54)67-62)64(45-20-9-3-10-21-45)46-22-11-4-12-23-46/h1-38H. The molecule has 0 saturated carbocycles. The van der Waals surface area contributed by atoms with Crippen LogP contribution in [-0.4, -0.2) is 0 Å². The van der Waals surface area contributed by atoms with Gasteiger partial charge in [0.2, 0.25) is 0 Å². The molecule has 5 nitrogen and oxygen atoms in total. The van der Waals surface area contributed by atoms with E-state index >= 15 is 0 Å². The maximum Gasteiger partial charge on any atom is 0.144 e. The van der Waals surface area contributed by atoms with Crippen LogP contribution in [0.3, 0.4) is 0 Å². The molecule has 0 amide bonds. The number of rotatable bonds is 7. The highest BCUT2D eigenvalue weighted by Crippen LogP contribution is 2.49. The fourth-order valence-electron chi connectivity index (χ4n) is 10.3. The van der Waals surface area contributed by atoms with Crippen molar-refractivity contribution in [3.05, 3.63) is 231 Å². The van der Waals surface area contributed by atoms with E-state index in [1.807, 2.05) is 12.1 Å². The molecule has 67 heavy (non-hydrogen) atoms. The van der Waals surface area contributed by atoms with Gasteiger partial charge in [-0.25, -0.2) is 0 Å². The number of furan rings is 3. The Morgan fingerprint density at radius 3 is 1.28 bits per heavy atom. The zero-order valence-electron chi connectivity index (χ0n) is 36.1. The first-order valence-corrected chi connectivity index (χ1v) is 22.6. The molecule has 5 heteroatoms. The lowest BCUT2D eigenvalue weighted by Crippen LogP contribution is -2.09. The van der Waals surface area contributed by atoms with Crippen molar-refractivity contribution in [1.29, 1.82) is 0 Å². The van der Waals surface area contributed by atoms with E-state index in [2.05, 4.69) is 228 Å². The summed E-state index contributed by atoms with van der Waals surface area (Å²) in [6.07, 6.45) is 0. The zero-order chi connectivity index (χ0) is 44.0. The zero-order valence-corrected chi connectivity index (χ0v) is 36.1. The highest BCUT2D eigenvalue weighted by molar-refractivity contribution is 6.31. The van der Waals surface area contributed by atoms with Gasteiger partial charge in [-0.05, 0) is 131 Å². The second kappa shape index (κ2) is 14.7. The largest absolute Gasteiger partial charge is 0.456 e. The second-order valence-corrected chi connectivity index (χ2v) is 17.3. The van der Waals surface area contributed by atoms with Crippen LogP contribution in [0.25, 0.3) is 98.5 Å². The third-order valence-electron chi connectivity index (χ3n) is 13.3. The Hall–Kier alpha value is -9.06. The van der Waals surface area contributed by atoms with Crippen molar-refractivity contribution >= 4 is 121 Å². The molecule has 314 valence electrons. The first kappa shape index (κ1) is 37.3. The van der Waals surface area contributed by atoms with Gasteiger partial charge in [-0.1, -0.05) is 121 Å². The molecule has 0 bridgehead atoms. The van der Waals surface area contributed by atoms with Crippen LogP contribution >= 0.6 is 0 Å². The van der Waals surface area contributed by atoms with Gasteiger partial charge in [-0.2, -0.15) is 0 Å². The molecule has 0 spiro atoms. The molecule has 11 aromatic carbocycles. The lowest BCUT2D eigenvalue weighted by atomic mass is 9.95. The molecule has 0 fully saturated rings. The van der Waals surface area contributed by atoms with Crippen LogP contribution in [0.4, 0.5) is 34.1 Å². The Morgan fingerprint density at radius 2 is 0.716 bits per heavy atom. The van der Waals surface area contributed by atoms with Gasteiger partial charge in [-0.15, -0.1) is 0 Å². The minimum absolute atomic E-state index is 0.788. The molecule has 0 unspecified atom stereocenters. The van der Waals surface area contributed by atoms with Gasteiger partial charge < -0.3 is 23.1 Å². The van der Waals surface area contributed by atoms with Gasteiger partial charge in [0.1, 0.15) is 33.5 Å². The first-order chi connectivity index (χ1) is 33.2. The predicted octanol–water partition coefficient (Wildman–Crippen LogP) is 18.3. The van der Waals surface area contributed by atoms with E-state index in [4.69, 9.17) is 13.3 Å². The van der Waals surface area contributed by atoms with Gasteiger partial charge in [-0.3, -0.25) is 0 Å². The van der Waals surface area contributed by atoms with E-state index in [0.29, 0.717) is 0 Å². The number of hydrogen-bond donors (Lipinski definition) is 0. The van der Waals surface area contributed by atoms with E-state index in [-0.39, 0.29) is 0 Å². The van der Waals surface area contributed by atoms with Gasteiger partial charge >= 0.3 is 0 Å². The van der Waals surface area contributed by atoms with Crippen LogP contribution in [0.15, 0.2) is 244 Å². The maximum atomic E-state index is 7.18. The van der Waals surface area contributed by atoms with E-state index in [9.17, 15) is 0 Å². The van der Waals surface area contributed by atoms with Crippen molar-refractivity contribution in [1.82, 2.24) is 0 Å². The predicted molar refractivity (Wildman–Crippen MR) is 278 cm³/mol. The van der Waals surface area contributed by atoms with Crippen LogP contribution < -0.4 is 9.80 Å². The fourth-order valence-corrected chi connectivity index (χ4v) is 10.3. The minimum atomic E-state index is 0.788. The molecule has 0 N–H and O–H groups in total. The number of fused-ring (bicyclic) bond motifs is 12. The molecule has 0 atom stereocenters. The Balaban J connectivity index is 1.01. The number of hydrogen-bond acceptors (Lipinski definition) is 5.